The molecule has 2 heterocycles. The summed E-state index contributed by atoms with van der Waals surface area (Å²) in [4.78, 5) is 16.4. The number of thioether (sulfide) groups is 1. The van der Waals surface area contributed by atoms with Crippen molar-refractivity contribution in [2.75, 3.05) is 24.3 Å². The average molecular weight is 377 g/mol. The van der Waals surface area contributed by atoms with Crippen LogP contribution in [0.5, 0.6) is 11.5 Å². The number of aromatic nitrogens is 1. The smallest absolute Gasteiger partial charge is 0.257 e. The predicted molar refractivity (Wildman–Crippen MR) is 95.8 cm³/mol. The second kappa shape index (κ2) is 6.85. The van der Waals surface area contributed by atoms with Gasteiger partial charge in [-0.15, -0.1) is 0 Å². The number of rotatable bonds is 4. The van der Waals surface area contributed by atoms with Crippen molar-refractivity contribution in [1.29, 1.82) is 0 Å². The summed E-state index contributed by atoms with van der Waals surface area (Å²) >= 11 is 7.14. The van der Waals surface area contributed by atoms with Crippen molar-refractivity contribution in [2.45, 2.75) is 5.22 Å². The summed E-state index contributed by atoms with van der Waals surface area (Å²) in [6.45, 7) is 1.03. The molecule has 0 unspecified atom stereocenters. The van der Waals surface area contributed by atoms with Gasteiger partial charge in [0, 0.05) is 16.8 Å². The van der Waals surface area contributed by atoms with Crippen LogP contribution in [0.3, 0.4) is 0 Å². The molecule has 0 atom stereocenters. The molecule has 1 aliphatic heterocycles. The third kappa shape index (κ3) is 3.67. The molecule has 0 radical (unpaired) electrons. The summed E-state index contributed by atoms with van der Waals surface area (Å²) in [5, 5.41) is 3.84. The summed E-state index contributed by atoms with van der Waals surface area (Å²) in [5.41, 5.74) is 1.96. The lowest BCUT2D eigenvalue weighted by molar-refractivity contribution is -0.113. The van der Waals surface area contributed by atoms with Crippen LogP contribution in [0.15, 0.2) is 46.0 Å². The SMILES string of the molecule is O=C(CSc1nc2cc(Cl)ccc2o1)Nc1ccc2c(c1)OCCO2. The van der Waals surface area contributed by atoms with Crippen molar-refractivity contribution in [1.82, 2.24) is 4.98 Å². The number of carbonyl (C=O) groups is 1. The third-order valence-electron chi connectivity index (χ3n) is 3.48. The minimum absolute atomic E-state index is 0.165. The van der Waals surface area contributed by atoms with Gasteiger partial charge in [0.1, 0.15) is 18.7 Å². The second-order valence-electron chi connectivity index (χ2n) is 5.29. The van der Waals surface area contributed by atoms with Crippen molar-refractivity contribution in [3.8, 4) is 11.5 Å². The highest BCUT2D eigenvalue weighted by molar-refractivity contribution is 7.99. The Morgan fingerprint density at radius 2 is 2.00 bits per heavy atom. The molecule has 8 heteroatoms. The summed E-state index contributed by atoms with van der Waals surface area (Å²) in [6, 6.07) is 10.5. The van der Waals surface area contributed by atoms with Crippen LogP contribution in [-0.2, 0) is 4.79 Å². The van der Waals surface area contributed by atoms with Crippen LogP contribution >= 0.6 is 23.4 Å². The van der Waals surface area contributed by atoms with Crippen LogP contribution < -0.4 is 14.8 Å². The molecule has 0 aliphatic carbocycles. The lowest BCUT2D eigenvalue weighted by Gasteiger charge is -2.18. The molecule has 2 aromatic carbocycles. The molecule has 0 fully saturated rings. The van der Waals surface area contributed by atoms with Gasteiger partial charge in [-0.3, -0.25) is 4.79 Å². The lowest BCUT2D eigenvalue weighted by Crippen LogP contribution is -2.17. The van der Waals surface area contributed by atoms with Crippen LogP contribution in [-0.4, -0.2) is 29.9 Å². The molecule has 1 aliphatic rings. The Kier molecular flexibility index (Phi) is 4.42. The van der Waals surface area contributed by atoms with Crippen molar-refractivity contribution < 1.29 is 18.7 Å². The van der Waals surface area contributed by atoms with Gasteiger partial charge >= 0.3 is 0 Å². The average Bonchev–Trinajstić information content (AvgIpc) is 3.02. The fourth-order valence-corrected chi connectivity index (χ4v) is 3.19. The number of hydrogen-bond acceptors (Lipinski definition) is 6. The quantitative estimate of drug-likeness (QED) is 0.694. The van der Waals surface area contributed by atoms with Gasteiger partial charge in [-0.05, 0) is 30.3 Å². The highest BCUT2D eigenvalue weighted by Crippen LogP contribution is 2.32. The van der Waals surface area contributed by atoms with E-state index in [0.717, 1.165) is 0 Å². The fraction of sp³-hybridized carbons (Fsp3) is 0.176. The number of hydrogen-bond donors (Lipinski definition) is 1. The first kappa shape index (κ1) is 16.1. The molecule has 3 aromatic rings. The van der Waals surface area contributed by atoms with Gasteiger partial charge in [-0.1, -0.05) is 23.4 Å². The number of carbonyl (C=O) groups excluding carboxylic acids is 1. The molecular formula is C17H13ClN2O4S. The number of benzene rings is 2. The molecule has 1 N–H and O–H groups in total. The Hall–Kier alpha value is -2.38. The van der Waals surface area contributed by atoms with E-state index in [1.54, 1.807) is 36.4 Å². The Morgan fingerprint density at radius 3 is 2.88 bits per heavy atom. The standard InChI is InChI=1S/C17H13ClN2O4S/c18-10-1-3-13-12(7-10)20-17(24-13)25-9-16(21)19-11-2-4-14-15(8-11)23-6-5-22-14/h1-4,7-8H,5-6,9H2,(H,19,21). The van der Waals surface area contributed by atoms with E-state index >= 15 is 0 Å². The van der Waals surface area contributed by atoms with E-state index in [1.165, 1.54) is 11.8 Å². The van der Waals surface area contributed by atoms with E-state index < -0.39 is 0 Å². The molecule has 128 valence electrons. The molecule has 4 rings (SSSR count). The van der Waals surface area contributed by atoms with Gasteiger partial charge < -0.3 is 19.2 Å². The van der Waals surface area contributed by atoms with E-state index in [9.17, 15) is 4.79 Å². The van der Waals surface area contributed by atoms with Crippen molar-refractivity contribution >= 4 is 46.1 Å². The number of ether oxygens (including phenoxy) is 2. The molecule has 25 heavy (non-hydrogen) atoms. The zero-order chi connectivity index (χ0) is 17.2. The van der Waals surface area contributed by atoms with E-state index in [-0.39, 0.29) is 11.7 Å². The molecule has 0 saturated carbocycles. The maximum Gasteiger partial charge on any atom is 0.257 e. The molecular weight excluding hydrogens is 364 g/mol. The first-order valence-corrected chi connectivity index (χ1v) is 8.92. The Bertz CT molecular complexity index is 944. The van der Waals surface area contributed by atoms with Crippen molar-refractivity contribution in [3.05, 3.63) is 41.4 Å². The van der Waals surface area contributed by atoms with E-state index in [0.29, 0.717) is 51.7 Å². The zero-order valence-electron chi connectivity index (χ0n) is 13.0. The molecule has 6 nitrogen and oxygen atoms in total. The number of fused-ring (bicyclic) bond motifs is 2. The zero-order valence-corrected chi connectivity index (χ0v) is 14.5. The number of halogens is 1. The van der Waals surface area contributed by atoms with Gasteiger partial charge in [0.2, 0.25) is 5.91 Å². The Morgan fingerprint density at radius 1 is 1.16 bits per heavy atom. The first-order chi connectivity index (χ1) is 12.2. The first-order valence-electron chi connectivity index (χ1n) is 7.56. The maximum absolute atomic E-state index is 12.1. The normalized spacial score (nSPS) is 13.0. The minimum atomic E-state index is -0.165. The van der Waals surface area contributed by atoms with Crippen LogP contribution in [0.2, 0.25) is 5.02 Å². The molecule has 0 bridgehead atoms. The topological polar surface area (TPSA) is 73.6 Å². The predicted octanol–water partition coefficient (Wildman–Crippen LogP) is 3.98. The highest BCUT2D eigenvalue weighted by atomic mass is 35.5. The van der Waals surface area contributed by atoms with Crippen LogP contribution in [0.4, 0.5) is 5.69 Å². The number of nitrogens with zero attached hydrogens (tertiary/aromatic N) is 1. The van der Waals surface area contributed by atoms with E-state index in [2.05, 4.69) is 10.3 Å². The van der Waals surface area contributed by atoms with Gasteiger partial charge in [0.05, 0.1) is 5.75 Å². The third-order valence-corrected chi connectivity index (χ3v) is 4.55. The Balaban J connectivity index is 1.38. The van der Waals surface area contributed by atoms with Crippen LogP contribution in [0.25, 0.3) is 11.1 Å². The second-order valence-corrected chi connectivity index (χ2v) is 6.65. The van der Waals surface area contributed by atoms with Gasteiger partial charge in [-0.2, -0.15) is 0 Å². The summed E-state index contributed by atoms with van der Waals surface area (Å²) in [5.74, 6) is 1.33. The summed E-state index contributed by atoms with van der Waals surface area (Å²) in [6.07, 6.45) is 0. The van der Waals surface area contributed by atoms with Crippen LogP contribution in [0, 0.1) is 0 Å². The molecule has 1 amide bonds. The van der Waals surface area contributed by atoms with Gasteiger partial charge in [-0.25, -0.2) is 4.98 Å². The maximum atomic E-state index is 12.1. The fourth-order valence-electron chi connectivity index (χ4n) is 2.39. The molecule has 1 aromatic heterocycles. The number of anilines is 1. The number of oxazole rings is 1. The van der Waals surface area contributed by atoms with E-state index in [1.807, 2.05) is 0 Å². The highest BCUT2D eigenvalue weighted by Gasteiger charge is 2.14. The minimum Gasteiger partial charge on any atom is -0.486 e. The van der Waals surface area contributed by atoms with Gasteiger partial charge in [0.15, 0.2) is 17.1 Å². The van der Waals surface area contributed by atoms with Gasteiger partial charge in [0.25, 0.3) is 5.22 Å². The molecule has 0 spiro atoms. The van der Waals surface area contributed by atoms with E-state index in [4.69, 9.17) is 25.5 Å². The lowest BCUT2D eigenvalue weighted by atomic mass is 10.2. The van der Waals surface area contributed by atoms with Crippen LogP contribution in [0.1, 0.15) is 0 Å². The number of amides is 1. The van der Waals surface area contributed by atoms with Crippen molar-refractivity contribution in [3.63, 3.8) is 0 Å². The molecule has 0 saturated heterocycles. The Labute approximate surface area is 152 Å². The summed E-state index contributed by atoms with van der Waals surface area (Å²) < 4.78 is 16.5. The van der Waals surface area contributed by atoms with Crippen molar-refractivity contribution in [2.24, 2.45) is 0 Å². The number of nitrogens with one attached hydrogen (secondary N) is 1. The monoisotopic (exact) mass is 376 g/mol. The summed E-state index contributed by atoms with van der Waals surface area (Å²) in [7, 11) is 0. The largest absolute Gasteiger partial charge is 0.486 e.